The second-order valence-electron chi connectivity index (χ2n) is 5.75. The molecule has 0 saturated carbocycles. The van der Waals surface area contributed by atoms with Crippen LogP contribution in [-0.4, -0.2) is 35.7 Å². The molecule has 6 nitrogen and oxygen atoms in total. The lowest BCUT2D eigenvalue weighted by Gasteiger charge is -2.14. The van der Waals surface area contributed by atoms with Gasteiger partial charge in [0.2, 0.25) is 0 Å². The number of nitrogens with zero attached hydrogens (tertiary/aromatic N) is 4. The Labute approximate surface area is 145 Å². The van der Waals surface area contributed by atoms with Crippen molar-refractivity contribution in [3.05, 3.63) is 65.2 Å². The molecule has 2 aromatic heterocycles. The van der Waals surface area contributed by atoms with Crippen molar-refractivity contribution >= 4 is 21.8 Å². The molecule has 8 heteroatoms. The van der Waals surface area contributed by atoms with Crippen LogP contribution in [0.2, 0.25) is 0 Å². The zero-order chi connectivity index (χ0) is 18.2. The molecule has 2 heterocycles. The smallest absolute Gasteiger partial charge is 0.240 e. The van der Waals surface area contributed by atoms with Crippen LogP contribution in [0.25, 0.3) is 5.52 Å². The van der Waals surface area contributed by atoms with Gasteiger partial charge in [-0.25, -0.2) is 8.91 Å². The first-order valence-electron chi connectivity index (χ1n) is 7.52. The van der Waals surface area contributed by atoms with E-state index in [4.69, 9.17) is 0 Å². The van der Waals surface area contributed by atoms with Crippen molar-refractivity contribution in [1.82, 2.24) is 14.0 Å². The molecule has 0 aliphatic heterocycles. The minimum Gasteiger partial charge on any atom is -0.240 e. The van der Waals surface area contributed by atoms with Gasteiger partial charge in [0.25, 0.3) is 10.0 Å². The van der Waals surface area contributed by atoms with Gasteiger partial charge in [0.15, 0.2) is 0 Å². The van der Waals surface area contributed by atoms with Crippen LogP contribution in [0.4, 0.5) is 4.39 Å². The predicted molar refractivity (Wildman–Crippen MR) is 93.6 cm³/mol. The predicted octanol–water partition coefficient (Wildman–Crippen LogP) is 2.74. The summed E-state index contributed by atoms with van der Waals surface area (Å²) in [5.74, 6) is -0.806. The van der Waals surface area contributed by atoms with E-state index in [2.05, 4.69) is 10.2 Å². The number of fused-ring (bicyclic) bond motifs is 1. The topological polar surface area (TPSA) is 67.0 Å². The van der Waals surface area contributed by atoms with Gasteiger partial charge in [-0.05, 0) is 49.2 Å². The largest absolute Gasteiger partial charge is 0.281 e. The van der Waals surface area contributed by atoms with Crippen molar-refractivity contribution in [2.24, 2.45) is 5.10 Å². The molecular weight excluding hydrogens is 343 g/mol. The molecule has 0 saturated heterocycles. The second kappa shape index (κ2) is 6.29. The first-order chi connectivity index (χ1) is 11.8. The summed E-state index contributed by atoms with van der Waals surface area (Å²) in [6.07, 6.45) is 4.80. The van der Waals surface area contributed by atoms with E-state index in [0.717, 1.165) is 21.6 Å². The molecule has 3 rings (SSSR count). The van der Waals surface area contributed by atoms with Gasteiger partial charge in [0, 0.05) is 18.8 Å². The summed E-state index contributed by atoms with van der Waals surface area (Å²) in [6.45, 7) is 3.65. The Morgan fingerprint density at radius 2 is 1.92 bits per heavy atom. The van der Waals surface area contributed by atoms with Crippen LogP contribution in [0.3, 0.4) is 0 Å². The third-order valence-corrected chi connectivity index (χ3v) is 5.44. The minimum atomic E-state index is -4.07. The van der Waals surface area contributed by atoms with Crippen LogP contribution in [0.1, 0.15) is 16.7 Å². The number of hydrazone groups is 1. The second-order valence-corrected chi connectivity index (χ2v) is 7.67. The molecule has 1 aromatic carbocycles. The minimum absolute atomic E-state index is 0.400. The maximum atomic E-state index is 13.9. The first kappa shape index (κ1) is 17.1. The molecule has 130 valence electrons. The number of aromatic nitrogens is 2. The molecule has 0 unspecified atom stereocenters. The summed E-state index contributed by atoms with van der Waals surface area (Å²) in [6, 6.07) is 7.77. The maximum Gasteiger partial charge on any atom is 0.281 e. The summed E-state index contributed by atoms with van der Waals surface area (Å²) in [7, 11) is -2.81. The number of hydrogen-bond acceptors (Lipinski definition) is 4. The summed E-state index contributed by atoms with van der Waals surface area (Å²) < 4.78 is 41.4. The van der Waals surface area contributed by atoms with Gasteiger partial charge in [-0.2, -0.15) is 23.0 Å². The van der Waals surface area contributed by atoms with E-state index in [1.807, 2.05) is 25.3 Å². The molecule has 3 aromatic rings. The van der Waals surface area contributed by atoms with Crippen molar-refractivity contribution in [3.8, 4) is 0 Å². The molecule has 0 spiro atoms. The molecule has 0 fully saturated rings. The highest BCUT2D eigenvalue weighted by atomic mass is 32.2. The van der Waals surface area contributed by atoms with Crippen LogP contribution in [0, 0.1) is 19.7 Å². The van der Waals surface area contributed by atoms with E-state index in [1.165, 1.54) is 25.4 Å². The average Bonchev–Trinajstić information content (AvgIpc) is 2.96. The first-order valence-corrected chi connectivity index (χ1v) is 8.96. The quantitative estimate of drug-likeness (QED) is 0.531. The van der Waals surface area contributed by atoms with Crippen LogP contribution in [0.5, 0.6) is 0 Å². The summed E-state index contributed by atoms with van der Waals surface area (Å²) >= 11 is 0. The lowest BCUT2D eigenvalue weighted by atomic mass is 10.2. The Morgan fingerprint density at radius 3 is 2.68 bits per heavy atom. The zero-order valence-electron chi connectivity index (χ0n) is 14.0. The van der Waals surface area contributed by atoms with Crippen molar-refractivity contribution in [3.63, 3.8) is 0 Å². The summed E-state index contributed by atoms with van der Waals surface area (Å²) in [5.41, 5.74) is 3.16. The highest BCUT2D eigenvalue weighted by Gasteiger charge is 2.23. The normalized spacial score (nSPS) is 12.2. The number of aryl methyl sites for hydroxylation is 2. The number of halogens is 1. The Bertz CT molecular complexity index is 1070. The van der Waals surface area contributed by atoms with E-state index in [9.17, 15) is 12.8 Å². The van der Waals surface area contributed by atoms with Crippen molar-refractivity contribution in [2.45, 2.75) is 18.7 Å². The van der Waals surface area contributed by atoms with Gasteiger partial charge >= 0.3 is 0 Å². The fourth-order valence-electron chi connectivity index (χ4n) is 2.36. The SMILES string of the molecule is Cc1ccc(F)c(S(=O)(=O)N(C)/N=C/c2cnn3ccc(C)cc23)c1. The van der Waals surface area contributed by atoms with Gasteiger partial charge in [-0.15, -0.1) is 0 Å². The Morgan fingerprint density at radius 1 is 1.20 bits per heavy atom. The highest BCUT2D eigenvalue weighted by Crippen LogP contribution is 2.20. The Hall–Kier alpha value is -2.74. The van der Waals surface area contributed by atoms with E-state index >= 15 is 0 Å². The monoisotopic (exact) mass is 360 g/mol. The number of pyridine rings is 1. The van der Waals surface area contributed by atoms with Crippen molar-refractivity contribution in [2.75, 3.05) is 7.05 Å². The molecule has 0 aliphatic carbocycles. The molecule has 0 amide bonds. The summed E-state index contributed by atoms with van der Waals surface area (Å²) in [4.78, 5) is -0.400. The molecule has 0 aliphatic rings. The number of hydrogen-bond donors (Lipinski definition) is 0. The maximum absolute atomic E-state index is 13.9. The average molecular weight is 360 g/mol. The molecule has 25 heavy (non-hydrogen) atoms. The third-order valence-electron chi connectivity index (χ3n) is 3.78. The van der Waals surface area contributed by atoms with Gasteiger partial charge in [0.05, 0.1) is 17.9 Å². The standard InChI is InChI=1S/C17H17FN4O2S/c1-12-4-5-15(18)17(9-12)25(23,24)21(3)19-10-14-11-20-22-7-6-13(2)8-16(14)22/h4-11H,1-3H3/b19-10+. The van der Waals surface area contributed by atoms with Gasteiger partial charge < -0.3 is 0 Å². The Kier molecular flexibility index (Phi) is 4.30. The van der Waals surface area contributed by atoms with Crippen LogP contribution in [0.15, 0.2) is 52.7 Å². The number of sulfonamides is 1. The van der Waals surface area contributed by atoms with Crippen molar-refractivity contribution < 1.29 is 12.8 Å². The van der Waals surface area contributed by atoms with E-state index < -0.39 is 20.7 Å². The molecule has 0 N–H and O–H groups in total. The van der Waals surface area contributed by atoms with Crippen molar-refractivity contribution in [1.29, 1.82) is 0 Å². The lowest BCUT2D eigenvalue weighted by Crippen LogP contribution is -2.23. The van der Waals surface area contributed by atoms with Gasteiger partial charge in [-0.1, -0.05) is 6.07 Å². The van der Waals surface area contributed by atoms with E-state index in [0.29, 0.717) is 11.1 Å². The third kappa shape index (κ3) is 3.25. The number of benzene rings is 1. The van der Waals surface area contributed by atoms with Crippen LogP contribution >= 0.6 is 0 Å². The van der Waals surface area contributed by atoms with E-state index in [1.54, 1.807) is 17.6 Å². The van der Waals surface area contributed by atoms with Gasteiger partial charge in [0.1, 0.15) is 10.7 Å². The van der Waals surface area contributed by atoms with Crippen LogP contribution in [-0.2, 0) is 10.0 Å². The summed E-state index contributed by atoms with van der Waals surface area (Å²) in [5, 5.41) is 8.15. The molecule has 0 bridgehead atoms. The molecule has 0 atom stereocenters. The zero-order valence-corrected chi connectivity index (χ0v) is 14.8. The highest BCUT2D eigenvalue weighted by molar-refractivity contribution is 7.89. The fourth-order valence-corrected chi connectivity index (χ4v) is 3.47. The van der Waals surface area contributed by atoms with E-state index in [-0.39, 0.29) is 0 Å². The Balaban J connectivity index is 1.95. The van der Waals surface area contributed by atoms with Gasteiger partial charge in [-0.3, -0.25) is 0 Å². The fraction of sp³-hybridized carbons (Fsp3) is 0.176. The van der Waals surface area contributed by atoms with Crippen LogP contribution < -0.4 is 0 Å². The lowest BCUT2D eigenvalue weighted by molar-refractivity contribution is 0.481. The molecular formula is C17H17FN4O2S. The number of rotatable bonds is 4. The molecule has 0 radical (unpaired) electrons.